The van der Waals surface area contributed by atoms with Crippen LogP contribution >= 0.6 is 0 Å². The number of hydrogen-bond acceptors (Lipinski definition) is 2. The summed E-state index contributed by atoms with van der Waals surface area (Å²) >= 11 is 0. The summed E-state index contributed by atoms with van der Waals surface area (Å²) in [6.45, 7) is 11.3. The summed E-state index contributed by atoms with van der Waals surface area (Å²) in [7, 11) is 0. The summed E-state index contributed by atoms with van der Waals surface area (Å²) in [5, 5.41) is 4.16. The van der Waals surface area contributed by atoms with Crippen LogP contribution in [0.25, 0.3) is 10.9 Å². The molecule has 26 heavy (non-hydrogen) atoms. The van der Waals surface area contributed by atoms with Crippen LogP contribution in [0, 0.1) is 6.92 Å². The lowest BCUT2D eigenvalue weighted by Gasteiger charge is -2.10. The largest absolute Gasteiger partial charge is 0.347 e. The number of aromatic nitrogens is 2. The van der Waals surface area contributed by atoms with Crippen LogP contribution < -0.4 is 5.32 Å². The minimum absolute atomic E-state index is 0.0662. The van der Waals surface area contributed by atoms with Crippen molar-refractivity contribution in [3.8, 4) is 0 Å². The Bertz CT molecular complexity index is 939. The lowest BCUT2D eigenvalue weighted by molar-refractivity contribution is 0.0942. The van der Waals surface area contributed by atoms with Gasteiger partial charge >= 0.3 is 0 Å². The van der Waals surface area contributed by atoms with Crippen molar-refractivity contribution in [3.63, 3.8) is 0 Å². The molecule has 2 aromatic heterocycles. The van der Waals surface area contributed by atoms with E-state index < -0.39 is 0 Å². The van der Waals surface area contributed by atoms with Gasteiger partial charge in [-0.1, -0.05) is 26.0 Å². The smallest absolute Gasteiger partial charge is 0.268 e. The van der Waals surface area contributed by atoms with Crippen molar-refractivity contribution in [2.24, 2.45) is 0 Å². The van der Waals surface area contributed by atoms with Crippen molar-refractivity contribution in [2.75, 3.05) is 0 Å². The molecular weight excluding hydrogens is 322 g/mol. The quantitative estimate of drug-likeness (QED) is 0.663. The normalized spacial score (nSPS) is 11.1. The molecular formula is C22H25N3O. The van der Waals surface area contributed by atoms with Gasteiger partial charge in [0.25, 0.3) is 5.91 Å². The first kappa shape index (κ1) is 17.9. The molecule has 0 unspecified atom stereocenters. The summed E-state index contributed by atoms with van der Waals surface area (Å²) in [6.07, 6.45) is 5.29. The van der Waals surface area contributed by atoms with E-state index in [9.17, 15) is 4.79 Å². The fraction of sp³-hybridized carbons (Fsp3) is 0.273. The third-order valence-corrected chi connectivity index (χ3v) is 4.74. The minimum atomic E-state index is -0.0662. The Balaban J connectivity index is 2.00. The summed E-state index contributed by atoms with van der Waals surface area (Å²) < 4.78 is 2.05. The van der Waals surface area contributed by atoms with E-state index in [1.54, 1.807) is 12.4 Å². The molecule has 0 fully saturated rings. The van der Waals surface area contributed by atoms with E-state index in [-0.39, 0.29) is 5.91 Å². The standard InChI is InChI=1S/C22H25N3O/c1-5-12-25-20-7-6-18(15(2)3)13-19(20)16(4)21(25)22(26)24-14-17-8-10-23-11-9-17/h5-11,13,15H,1,12,14H2,2-4H3,(H,24,26). The molecule has 3 rings (SSSR count). The number of nitrogens with one attached hydrogen (secondary N) is 1. The van der Waals surface area contributed by atoms with Gasteiger partial charge in [-0.3, -0.25) is 9.78 Å². The van der Waals surface area contributed by atoms with Gasteiger partial charge in [-0.15, -0.1) is 6.58 Å². The highest BCUT2D eigenvalue weighted by Crippen LogP contribution is 2.29. The average Bonchev–Trinajstić information content (AvgIpc) is 2.92. The Morgan fingerprint density at radius 3 is 2.65 bits per heavy atom. The van der Waals surface area contributed by atoms with Crippen LogP contribution in [0.2, 0.25) is 0 Å². The van der Waals surface area contributed by atoms with Crippen molar-refractivity contribution in [1.29, 1.82) is 0 Å². The van der Waals surface area contributed by atoms with Gasteiger partial charge in [0.1, 0.15) is 5.69 Å². The van der Waals surface area contributed by atoms with E-state index in [4.69, 9.17) is 0 Å². The van der Waals surface area contributed by atoms with Gasteiger partial charge in [0.05, 0.1) is 0 Å². The molecule has 134 valence electrons. The Hall–Kier alpha value is -2.88. The van der Waals surface area contributed by atoms with Gasteiger partial charge in [0.2, 0.25) is 0 Å². The number of hydrogen-bond donors (Lipinski definition) is 1. The fourth-order valence-corrected chi connectivity index (χ4v) is 3.28. The number of pyridine rings is 1. The number of rotatable bonds is 6. The Morgan fingerprint density at radius 1 is 1.27 bits per heavy atom. The van der Waals surface area contributed by atoms with Gasteiger partial charge in [-0.2, -0.15) is 0 Å². The molecule has 4 nitrogen and oxygen atoms in total. The van der Waals surface area contributed by atoms with Crippen molar-refractivity contribution >= 4 is 16.8 Å². The van der Waals surface area contributed by atoms with E-state index in [2.05, 4.69) is 48.9 Å². The maximum atomic E-state index is 12.9. The van der Waals surface area contributed by atoms with E-state index in [0.717, 1.165) is 22.0 Å². The molecule has 2 heterocycles. The Labute approximate surface area is 154 Å². The highest BCUT2D eigenvalue weighted by Gasteiger charge is 2.20. The number of aryl methyl sites for hydroxylation is 1. The molecule has 0 radical (unpaired) electrons. The van der Waals surface area contributed by atoms with Crippen LogP contribution in [-0.2, 0) is 13.1 Å². The molecule has 1 N–H and O–H groups in total. The lowest BCUT2D eigenvalue weighted by Crippen LogP contribution is -2.26. The zero-order valence-electron chi connectivity index (χ0n) is 15.6. The first-order valence-electron chi connectivity index (χ1n) is 8.93. The zero-order chi connectivity index (χ0) is 18.7. The first-order chi connectivity index (χ1) is 12.5. The number of benzene rings is 1. The number of nitrogens with zero attached hydrogens (tertiary/aromatic N) is 2. The molecule has 0 saturated heterocycles. The summed E-state index contributed by atoms with van der Waals surface area (Å²) in [6, 6.07) is 10.3. The fourth-order valence-electron chi connectivity index (χ4n) is 3.28. The van der Waals surface area contributed by atoms with E-state index >= 15 is 0 Å². The molecule has 0 aliphatic rings. The number of carbonyl (C=O) groups excluding carboxylic acids is 1. The first-order valence-corrected chi connectivity index (χ1v) is 8.93. The second-order valence-electron chi connectivity index (χ2n) is 6.84. The number of amides is 1. The second-order valence-corrected chi connectivity index (χ2v) is 6.84. The lowest BCUT2D eigenvalue weighted by atomic mass is 10.0. The van der Waals surface area contributed by atoms with Gasteiger partial charge in [0, 0.05) is 36.4 Å². The predicted molar refractivity (Wildman–Crippen MR) is 106 cm³/mol. The number of allylic oxidation sites excluding steroid dienone is 1. The van der Waals surface area contributed by atoms with Crippen molar-refractivity contribution < 1.29 is 4.79 Å². The molecule has 3 aromatic rings. The second kappa shape index (κ2) is 7.56. The summed E-state index contributed by atoms with van der Waals surface area (Å²) in [4.78, 5) is 16.9. The zero-order valence-corrected chi connectivity index (χ0v) is 15.6. The third-order valence-electron chi connectivity index (χ3n) is 4.74. The van der Waals surface area contributed by atoms with Crippen LogP contribution in [0.1, 0.15) is 46.9 Å². The Morgan fingerprint density at radius 2 is 2.00 bits per heavy atom. The van der Waals surface area contributed by atoms with E-state index in [0.29, 0.717) is 24.7 Å². The topological polar surface area (TPSA) is 46.9 Å². The molecule has 0 atom stereocenters. The van der Waals surface area contributed by atoms with E-state index in [1.807, 2.05) is 29.7 Å². The van der Waals surface area contributed by atoms with Gasteiger partial charge in [0.15, 0.2) is 0 Å². The van der Waals surface area contributed by atoms with E-state index in [1.165, 1.54) is 5.56 Å². The average molecular weight is 347 g/mol. The highest BCUT2D eigenvalue weighted by atomic mass is 16.1. The van der Waals surface area contributed by atoms with Gasteiger partial charge < -0.3 is 9.88 Å². The summed E-state index contributed by atoms with van der Waals surface area (Å²) in [5.74, 6) is 0.383. The molecule has 0 aliphatic heterocycles. The molecule has 1 aromatic carbocycles. The van der Waals surface area contributed by atoms with Crippen LogP contribution in [0.3, 0.4) is 0 Å². The van der Waals surface area contributed by atoms with Crippen molar-refractivity contribution in [2.45, 2.75) is 39.8 Å². The molecule has 4 heteroatoms. The molecule has 0 aliphatic carbocycles. The third kappa shape index (κ3) is 3.40. The van der Waals surface area contributed by atoms with Gasteiger partial charge in [-0.05, 0) is 53.8 Å². The maximum absolute atomic E-state index is 12.9. The SMILES string of the molecule is C=CCn1c(C(=O)NCc2ccncc2)c(C)c2cc(C(C)C)ccc21. The van der Waals surface area contributed by atoms with Crippen molar-refractivity contribution in [3.05, 3.63) is 77.8 Å². The molecule has 0 spiro atoms. The maximum Gasteiger partial charge on any atom is 0.268 e. The van der Waals surface area contributed by atoms with Crippen LogP contribution in [0.5, 0.6) is 0 Å². The highest BCUT2D eigenvalue weighted by molar-refractivity contribution is 6.01. The monoisotopic (exact) mass is 347 g/mol. The molecule has 0 bridgehead atoms. The Kier molecular flexibility index (Phi) is 5.21. The molecule has 1 amide bonds. The minimum Gasteiger partial charge on any atom is -0.347 e. The van der Waals surface area contributed by atoms with Crippen LogP contribution in [0.15, 0.2) is 55.4 Å². The van der Waals surface area contributed by atoms with Crippen LogP contribution in [0.4, 0.5) is 0 Å². The van der Waals surface area contributed by atoms with Gasteiger partial charge in [-0.25, -0.2) is 0 Å². The number of fused-ring (bicyclic) bond motifs is 1. The molecule has 0 saturated carbocycles. The van der Waals surface area contributed by atoms with Crippen LogP contribution in [-0.4, -0.2) is 15.5 Å². The number of carbonyl (C=O) groups is 1. The summed E-state index contributed by atoms with van der Waals surface area (Å²) in [5.41, 5.74) is 5.09. The predicted octanol–water partition coefficient (Wildman–Crippen LogP) is 4.58. The van der Waals surface area contributed by atoms with Crippen molar-refractivity contribution in [1.82, 2.24) is 14.9 Å².